The first-order valence-electron chi connectivity index (χ1n) is 7.48. The highest BCUT2D eigenvalue weighted by molar-refractivity contribution is 5.89. The summed E-state index contributed by atoms with van der Waals surface area (Å²) in [6.07, 6.45) is -0.0103. The minimum atomic E-state index is -0.285. The Hall–Kier alpha value is -2.55. The van der Waals surface area contributed by atoms with Crippen LogP contribution in [0.2, 0.25) is 0 Å². The lowest BCUT2D eigenvalue weighted by molar-refractivity contribution is 0.234. The zero-order valence-corrected chi connectivity index (χ0v) is 12.5. The Morgan fingerprint density at radius 1 is 0.955 bits per heavy atom. The van der Waals surface area contributed by atoms with E-state index in [1.807, 2.05) is 50.2 Å². The van der Waals surface area contributed by atoms with Gasteiger partial charge in [0.15, 0.2) is 0 Å². The van der Waals surface area contributed by atoms with Gasteiger partial charge in [-0.1, -0.05) is 43.3 Å². The third kappa shape index (κ3) is 1.86. The van der Waals surface area contributed by atoms with E-state index in [4.69, 9.17) is 9.15 Å². The van der Waals surface area contributed by atoms with Crippen LogP contribution in [0.4, 0.5) is 0 Å². The van der Waals surface area contributed by atoms with Crippen LogP contribution in [0.5, 0.6) is 5.75 Å². The Kier molecular flexibility index (Phi) is 2.83. The summed E-state index contributed by atoms with van der Waals surface area (Å²) in [7, 11) is 0. The van der Waals surface area contributed by atoms with E-state index in [-0.39, 0.29) is 17.6 Å². The summed E-state index contributed by atoms with van der Waals surface area (Å²) in [6, 6.07) is 16.0. The summed E-state index contributed by atoms with van der Waals surface area (Å²) in [6.45, 7) is 3.98. The van der Waals surface area contributed by atoms with Gasteiger partial charge in [-0.05, 0) is 30.2 Å². The number of rotatable bonds is 1. The fourth-order valence-corrected chi connectivity index (χ4v) is 3.04. The molecule has 0 spiro atoms. The zero-order valence-electron chi connectivity index (χ0n) is 12.5. The highest BCUT2D eigenvalue weighted by Crippen LogP contribution is 2.41. The van der Waals surface area contributed by atoms with Crippen molar-refractivity contribution in [1.29, 1.82) is 0 Å². The first kappa shape index (κ1) is 13.1. The predicted molar refractivity (Wildman–Crippen MR) is 86.4 cm³/mol. The molecule has 2 atom stereocenters. The van der Waals surface area contributed by atoms with Crippen LogP contribution >= 0.6 is 0 Å². The molecule has 1 aliphatic heterocycles. The van der Waals surface area contributed by atoms with Crippen molar-refractivity contribution in [1.82, 2.24) is 0 Å². The van der Waals surface area contributed by atoms with Crippen molar-refractivity contribution < 1.29 is 9.15 Å². The molecule has 0 saturated carbocycles. The van der Waals surface area contributed by atoms with Crippen molar-refractivity contribution in [3.63, 3.8) is 0 Å². The number of hydrogen-bond donors (Lipinski definition) is 0. The number of fused-ring (bicyclic) bond motifs is 3. The van der Waals surface area contributed by atoms with Crippen LogP contribution in [0.25, 0.3) is 22.1 Å². The lowest BCUT2D eigenvalue weighted by Gasteiger charge is -2.08. The van der Waals surface area contributed by atoms with Gasteiger partial charge in [-0.25, -0.2) is 4.79 Å². The van der Waals surface area contributed by atoms with Gasteiger partial charge >= 0.3 is 5.63 Å². The Morgan fingerprint density at radius 3 is 2.50 bits per heavy atom. The molecule has 2 aromatic carbocycles. The standard InChI is InChI=1S/C19H16O3/c1-11-12(2)21-18-15-10-14(13-6-4-3-5-7-13)8-9-16(15)22-19(20)17(11)18/h3-12H,1-2H3/t11-,12-/m0/s1. The summed E-state index contributed by atoms with van der Waals surface area (Å²) in [5.74, 6) is 0.736. The van der Waals surface area contributed by atoms with Crippen LogP contribution in [0, 0.1) is 0 Å². The lowest BCUT2D eigenvalue weighted by Crippen LogP contribution is -2.14. The summed E-state index contributed by atoms with van der Waals surface area (Å²) >= 11 is 0. The minimum Gasteiger partial charge on any atom is -0.489 e. The average molecular weight is 292 g/mol. The van der Waals surface area contributed by atoms with E-state index >= 15 is 0 Å². The van der Waals surface area contributed by atoms with E-state index in [1.165, 1.54) is 0 Å². The number of ether oxygens (including phenoxy) is 1. The first-order valence-corrected chi connectivity index (χ1v) is 7.48. The summed E-state index contributed by atoms with van der Waals surface area (Å²) in [5.41, 5.74) is 3.16. The molecular weight excluding hydrogens is 276 g/mol. The molecule has 3 aromatic rings. The van der Waals surface area contributed by atoms with Crippen molar-refractivity contribution >= 4 is 11.0 Å². The van der Waals surface area contributed by atoms with E-state index in [1.54, 1.807) is 0 Å². The van der Waals surface area contributed by atoms with E-state index in [0.717, 1.165) is 16.5 Å². The lowest BCUT2D eigenvalue weighted by atomic mass is 9.98. The second kappa shape index (κ2) is 4.73. The van der Waals surface area contributed by atoms with Crippen molar-refractivity contribution in [2.75, 3.05) is 0 Å². The fraction of sp³-hybridized carbons (Fsp3) is 0.211. The second-order valence-electron chi connectivity index (χ2n) is 5.82. The van der Waals surface area contributed by atoms with Gasteiger partial charge in [0.2, 0.25) is 0 Å². The molecule has 0 radical (unpaired) electrons. The van der Waals surface area contributed by atoms with Gasteiger partial charge in [0.25, 0.3) is 0 Å². The third-order valence-electron chi connectivity index (χ3n) is 4.46. The molecule has 0 N–H and O–H groups in total. The SMILES string of the molecule is C[C@@H]1Oc2c(c(=O)oc3ccc(-c4ccccc4)cc23)[C@H]1C. The van der Waals surface area contributed by atoms with Crippen LogP contribution < -0.4 is 10.4 Å². The fourth-order valence-electron chi connectivity index (χ4n) is 3.04. The third-order valence-corrected chi connectivity index (χ3v) is 4.46. The van der Waals surface area contributed by atoms with Gasteiger partial charge in [-0.3, -0.25) is 0 Å². The largest absolute Gasteiger partial charge is 0.489 e. The van der Waals surface area contributed by atoms with E-state index in [0.29, 0.717) is 16.9 Å². The average Bonchev–Trinajstić information content (AvgIpc) is 2.84. The van der Waals surface area contributed by atoms with Gasteiger partial charge in [0.05, 0.1) is 10.9 Å². The molecule has 3 heteroatoms. The molecule has 0 unspecified atom stereocenters. The van der Waals surface area contributed by atoms with E-state index in [2.05, 4.69) is 12.1 Å². The predicted octanol–water partition coefficient (Wildman–Crippen LogP) is 4.34. The zero-order chi connectivity index (χ0) is 15.3. The molecule has 0 saturated heterocycles. The molecule has 0 fully saturated rings. The Morgan fingerprint density at radius 2 is 1.73 bits per heavy atom. The highest BCUT2D eigenvalue weighted by Gasteiger charge is 2.33. The molecule has 4 rings (SSSR count). The molecule has 2 heterocycles. The smallest absolute Gasteiger partial charge is 0.343 e. The minimum absolute atomic E-state index is 0.0103. The van der Waals surface area contributed by atoms with Gasteiger partial charge in [0.1, 0.15) is 17.4 Å². The molecule has 0 aliphatic carbocycles. The first-order chi connectivity index (χ1) is 10.6. The molecular formula is C19H16O3. The maximum absolute atomic E-state index is 12.2. The highest BCUT2D eigenvalue weighted by atomic mass is 16.5. The molecule has 1 aromatic heterocycles. The monoisotopic (exact) mass is 292 g/mol. The van der Waals surface area contributed by atoms with E-state index in [9.17, 15) is 4.79 Å². The van der Waals surface area contributed by atoms with Crippen molar-refractivity contribution in [2.24, 2.45) is 0 Å². The molecule has 3 nitrogen and oxygen atoms in total. The molecule has 0 amide bonds. The number of benzene rings is 2. The Bertz CT molecular complexity index is 909. The van der Waals surface area contributed by atoms with Gasteiger partial charge < -0.3 is 9.15 Å². The van der Waals surface area contributed by atoms with Gasteiger partial charge in [0, 0.05) is 5.92 Å². The maximum Gasteiger partial charge on any atom is 0.343 e. The Balaban J connectivity index is 1.99. The van der Waals surface area contributed by atoms with Crippen molar-refractivity contribution in [3.8, 4) is 16.9 Å². The van der Waals surface area contributed by atoms with Crippen LogP contribution in [0.1, 0.15) is 25.3 Å². The van der Waals surface area contributed by atoms with Gasteiger partial charge in [-0.2, -0.15) is 0 Å². The molecule has 110 valence electrons. The normalized spacial score (nSPS) is 19.9. The van der Waals surface area contributed by atoms with Crippen molar-refractivity contribution in [2.45, 2.75) is 25.9 Å². The van der Waals surface area contributed by atoms with E-state index < -0.39 is 0 Å². The van der Waals surface area contributed by atoms with Crippen LogP contribution in [0.3, 0.4) is 0 Å². The topological polar surface area (TPSA) is 39.4 Å². The molecule has 0 bridgehead atoms. The van der Waals surface area contributed by atoms with Crippen molar-refractivity contribution in [3.05, 3.63) is 64.5 Å². The van der Waals surface area contributed by atoms with Gasteiger partial charge in [-0.15, -0.1) is 0 Å². The summed E-state index contributed by atoms with van der Waals surface area (Å²) in [4.78, 5) is 12.2. The quantitative estimate of drug-likeness (QED) is 0.626. The van der Waals surface area contributed by atoms with Crippen LogP contribution in [0.15, 0.2) is 57.7 Å². The second-order valence-corrected chi connectivity index (χ2v) is 5.82. The number of hydrogen-bond acceptors (Lipinski definition) is 3. The molecule has 22 heavy (non-hydrogen) atoms. The summed E-state index contributed by atoms with van der Waals surface area (Å²) in [5, 5.41) is 0.868. The van der Waals surface area contributed by atoms with Crippen LogP contribution in [-0.2, 0) is 0 Å². The molecule has 1 aliphatic rings. The van der Waals surface area contributed by atoms with Crippen LogP contribution in [-0.4, -0.2) is 6.10 Å². The summed E-state index contributed by atoms with van der Waals surface area (Å²) < 4.78 is 11.4. The Labute approximate surface area is 128 Å². The maximum atomic E-state index is 12.2.